The molecule has 0 saturated carbocycles. The van der Waals surface area contributed by atoms with Gasteiger partial charge in [-0.25, -0.2) is 0 Å². The van der Waals surface area contributed by atoms with Gasteiger partial charge in [0.15, 0.2) is 0 Å². The van der Waals surface area contributed by atoms with Crippen LogP contribution in [0.5, 0.6) is 5.75 Å². The molecule has 1 aromatic carbocycles. The van der Waals surface area contributed by atoms with Crippen LogP contribution in [0.1, 0.15) is 29.8 Å². The van der Waals surface area contributed by atoms with Crippen molar-refractivity contribution >= 4 is 24.2 Å². The van der Waals surface area contributed by atoms with Crippen molar-refractivity contribution in [3.63, 3.8) is 0 Å². The lowest BCUT2D eigenvalue weighted by Crippen LogP contribution is -2.53. The number of aryl methyl sites for hydroxylation is 1. The van der Waals surface area contributed by atoms with Gasteiger partial charge in [-0.3, -0.25) is 9.59 Å². The fourth-order valence-electron chi connectivity index (χ4n) is 2.78. The Morgan fingerprint density at radius 3 is 2.20 bits per heavy atom. The molecular weight excluding hydrogens is 342 g/mol. The first-order valence-corrected chi connectivity index (χ1v) is 8.33. The van der Waals surface area contributed by atoms with Gasteiger partial charge in [0.1, 0.15) is 5.75 Å². The maximum absolute atomic E-state index is 12.6. The largest absolute Gasteiger partial charge is 0.496 e. The van der Waals surface area contributed by atoms with Gasteiger partial charge in [-0.05, 0) is 31.5 Å². The van der Waals surface area contributed by atoms with Crippen LogP contribution in [0.3, 0.4) is 0 Å². The van der Waals surface area contributed by atoms with Crippen LogP contribution >= 0.6 is 12.4 Å². The number of nitrogens with zero attached hydrogens (tertiary/aromatic N) is 2. The Kier molecular flexibility index (Phi) is 7.70. The second-order valence-electron chi connectivity index (χ2n) is 6.45. The third-order valence-corrected chi connectivity index (χ3v) is 4.71. The van der Waals surface area contributed by atoms with Gasteiger partial charge in [0.25, 0.3) is 5.91 Å². The summed E-state index contributed by atoms with van der Waals surface area (Å²) in [6.07, 6.45) is 0. The van der Waals surface area contributed by atoms with Crippen LogP contribution in [0, 0.1) is 12.8 Å². The lowest BCUT2D eigenvalue weighted by Gasteiger charge is -2.36. The standard InChI is InChI=1S/C18H27N3O3.ClH/c1-12-5-6-15(11-16(12)24-4)18(23)21-9-7-20(8-10-21)17(22)13(2)14(3)19;/h5-6,11,13-14H,7-10,19H2,1-4H3;1H. The SMILES string of the molecule is COc1cc(C(=O)N2CCN(C(=O)C(C)C(C)N)CC2)ccc1C.Cl. The number of carbonyl (C=O) groups is 2. The van der Waals surface area contributed by atoms with E-state index in [4.69, 9.17) is 10.5 Å². The molecule has 7 heteroatoms. The second-order valence-corrected chi connectivity index (χ2v) is 6.45. The summed E-state index contributed by atoms with van der Waals surface area (Å²) in [4.78, 5) is 28.6. The number of rotatable bonds is 4. The smallest absolute Gasteiger partial charge is 0.254 e. The molecule has 2 rings (SSSR count). The first kappa shape index (κ1) is 21.3. The third kappa shape index (κ3) is 4.86. The molecule has 0 aromatic heterocycles. The van der Waals surface area contributed by atoms with Crippen molar-refractivity contribution in [3.8, 4) is 5.75 Å². The van der Waals surface area contributed by atoms with Crippen LogP contribution in [-0.4, -0.2) is 60.9 Å². The molecule has 1 aliphatic heterocycles. The maximum Gasteiger partial charge on any atom is 0.254 e. The van der Waals surface area contributed by atoms with Crippen molar-refractivity contribution in [1.29, 1.82) is 0 Å². The molecule has 1 fully saturated rings. The molecule has 0 spiro atoms. The zero-order valence-corrected chi connectivity index (χ0v) is 16.1. The van der Waals surface area contributed by atoms with Crippen LogP contribution in [0.15, 0.2) is 18.2 Å². The Hall–Kier alpha value is -1.79. The molecule has 1 aromatic rings. The van der Waals surface area contributed by atoms with Gasteiger partial charge in [0.2, 0.25) is 5.91 Å². The van der Waals surface area contributed by atoms with Crippen molar-refractivity contribution < 1.29 is 14.3 Å². The number of nitrogens with two attached hydrogens (primary N) is 1. The number of piperazine rings is 1. The Labute approximate surface area is 155 Å². The third-order valence-electron chi connectivity index (χ3n) is 4.71. The van der Waals surface area contributed by atoms with Crippen molar-refractivity contribution in [2.75, 3.05) is 33.3 Å². The van der Waals surface area contributed by atoms with Gasteiger partial charge >= 0.3 is 0 Å². The van der Waals surface area contributed by atoms with E-state index in [1.807, 2.05) is 32.9 Å². The predicted molar refractivity (Wildman–Crippen MR) is 100 cm³/mol. The first-order valence-electron chi connectivity index (χ1n) is 8.33. The van der Waals surface area contributed by atoms with Gasteiger partial charge in [0.05, 0.1) is 13.0 Å². The number of methoxy groups -OCH3 is 1. The van der Waals surface area contributed by atoms with Crippen LogP contribution in [0.25, 0.3) is 0 Å². The number of ether oxygens (including phenoxy) is 1. The molecule has 2 atom stereocenters. The van der Waals surface area contributed by atoms with Crippen molar-refractivity contribution in [2.24, 2.45) is 11.7 Å². The van der Waals surface area contributed by atoms with Crippen LogP contribution in [0.2, 0.25) is 0 Å². The van der Waals surface area contributed by atoms with Crippen LogP contribution in [0.4, 0.5) is 0 Å². The molecule has 2 unspecified atom stereocenters. The van der Waals surface area contributed by atoms with Crippen molar-refractivity contribution in [1.82, 2.24) is 9.80 Å². The first-order chi connectivity index (χ1) is 11.3. The van der Waals surface area contributed by atoms with E-state index in [0.29, 0.717) is 37.5 Å². The minimum atomic E-state index is -0.200. The maximum atomic E-state index is 12.6. The molecule has 25 heavy (non-hydrogen) atoms. The summed E-state index contributed by atoms with van der Waals surface area (Å²) < 4.78 is 5.28. The van der Waals surface area contributed by atoms with E-state index in [9.17, 15) is 9.59 Å². The average Bonchev–Trinajstić information content (AvgIpc) is 2.60. The lowest BCUT2D eigenvalue weighted by atomic mass is 10.0. The van der Waals surface area contributed by atoms with E-state index < -0.39 is 0 Å². The molecule has 0 radical (unpaired) electrons. The molecule has 2 N–H and O–H groups in total. The van der Waals surface area contributed by atoms with E-state index in [-0.39, 0.29) is 36.2 Å². The number of carbonyl (C=O) groups excluding carboxylic acids is 2. The monoisotopic (exact) mass is 369 g/mol. The van der Waals surface area contributed by atoms with Gasteiger partial charge in [0, 0.05) is 37.8 Å². The Bertz CT molecular complexity index is 614. The topological polar surface area (TPSA) is 75.9 Å². The van der Waals surface area contributed by atoms with Gasteiger partial charge < -0.3 is 20.3 Å². The fraction of sp³-hybridized carbons (Fsp3) is 0.556. The lowest BCUT2D eigenvalue weighted by molar-refractivity contribution is -0.137. The van der Waals surface area contributed by atoms with Gasteiger partial charge in [-0.15, -0.1) is 12.4 Å². The van der Waals surface area contributed by atoms with E-state index in [1.165, 1.54) is 0 Å². The minimum absolute atomic E-state index is 0. The molecule has 0 bridgehead atoms. The molecule has 1 saturated heterocycles. The fourth-order valence-corrected chi connectivity index (χ4v) is 2.78. The van der Waals surface area contributed by atoms with E-state index in [0.717, 1.165) is 5.56 Å². The number of benzene rings is 1. The molecule has 6 nitrogen and oxygen atoms in total. The highest BCUT2D eigenvalue weighted by atomic mass is 35.5. The van der Waals surface area contributed by atoms with E-state index in [2.05, 4.69) is 0 Å². The normalized spacial score (nSPS) is 16.7. The summed E-state index contributed by atoms with van der Waals surface area (Å²) in [5, 5.41) is 0. The number of halogens is 1. The summed E-state index contributed by atoms with van der Waals surface area (Å²) in [5.74, 6) is 0.545. The summed E-state index contributed by atoms with van der Waals surface area (Å²) in [7, 11) is 1.60. The number of hydrogen-bond donors (Lipinski definition) is 1. The van der Waals surface area contributed by atoms with E-state index >= 15 is 0 Å². The van der Waals surface area contributed by atoms with Crippen molar-refractivity contribution in [2.45, 2.75) is 26.8 Å². The highest BCUT2D eigenvalue weighted by molar-refractivity contribution is 5.95. The Balaban J connectivity index is 0.00000312. The van der Waals surface area contributed by atoms with Gasteiger partial charge in [-0.1, -0.05) is 13.0 Å². The zero-order valence-electron chi connectivity index (χ0n) is 15.3. The van der Waals surface area contributed by atoms with Gasteiger partial charge in [-0.2, -0.15) is 0 Å². The summed E-state index contributed by atoms with van der Waals surface area (Å²) >= 11 is 0. The Morgan fingerprint density at radius 2 is 1.68 bits per heavy atom. The summed E-state index contributed by atoms with van der Waals surface area (Å²) in [5.41, 5.74) is 7.42. The Morgan fingerprint density at radius 1 is 1.12 bits per heavy atom. The minimum Gasteiger partial charge on any atom is -0.496 e. The molecule has 140 valence electrons. The van der Waals surface area contributed by atoms with Crippen LogP contribution < -0.4 is 10.5 Å². The highest BCUT2D eigenvalue weighted by Crippen LogP contribution is 2.20. The molecule has 1 aliphatic rings. The van der Waals surface area contributed by atoms with E-state index in [1.54, 1.807) is 23.0 Å². The molecule has 0 aliphatic carbocycles. The molecule has 2 amide bonds. The van der Waals surface area contributed by atoms with Crippen LogP contribution in [-0.2, 0) is 4.79 Å². The van der Waals surface area contributed by atoms with Crippen molar-refractivity contribution in [3.05, 3.63) is 29.3 Å². The quantitative estimate of drug-likeness (QED) is 0.876. The summed E-state index contributed by atoms with van der Waals surface area (Å²) in [6.45, 7) is 7.79. The zero-order chi connectivity index (χ0) is 17.9. The number of hydrogen-bond acceptors (Lipinski definition) is 4. The number of amides is 2. The second kappa shape index (κ2) is 9.06. The highest BCUT2D eigenvalue weighted by Gasteiger charge is 2.28. The molecular formula is C18H28ClN3O3. The average molecular weight is 370 g/mol. The molecule has 1 heterocycles. The summed E-state index contributed by atoms with van der Waals surface area (Å²) in [6, 6.07) is 5.30. The predicted octanol–water partition coefficient (Wildman–Crippen LogP) is 1.69.